The summed E-state index contributed by atoms with van der Waals surface area (Å²) in [7, 11) is 0. The molecule has 2 N–H and O–H groups in total. The van der Waals surface area contributed by atoms with Crippen LogP contribution in [0, 0.1) is 5.41 Å². The average Bonchev–Trinajstić information content (AvgIpc) is 2.89. The third-order valence-corrected chi connectivity index (χ3v) is 4.31. The van der Waals surface area contributed by atoms with Gasteiger partial charge in [0.05, 0.1) is 25.5 Å². The number of aromatic nitrogens is 1. The van der Waals surface area contributed by atoms with Crippen LogP contribution in [-0.4, -0.2) is 37.2 Å². The summed E-state index contributed by atoms with van der Waals surface area (Å²) in [4.78, 5) is 9.23. The van der Waals surface area contributed by atoms with Gasteiger partial charge in [0.2, 0.25) is 0 Å². The second-order valence-electron chi connectivity index (χ2n) is 6.17. The molecule has 0 unspecified atom stereocenters. The van der Waals surface area contributed by atoms with Gasteiger partial charge in [-0.3, -0.25) is 0 Å². The van der Waals surface area contributed by atoms with Gasteiger partial charge in [-0.1, -0.05) is 20.8 Å². The number of rotatable bonds is 6. The van der Waals surface area contributed by atoms with Gasteiger partial charge in [-0.2, -0.15) is 0 Å². The van der Waals surface area contributed by atoms with Crippen molar-refractivity contribution in [1.82, 2.24) is 15.6 Å². The number of hydrogen-bond acceptors (Lipinski definition) is 4. The SMILES string of the molecule is CCNC(=NCc1nc(C(C)C)cs1)NCC1(C)COC1.I. The summed E-state index contributed by atoms with van der Waals surface area (Å²) < 4.78 is 5.28. The fourth-order valence-corrected chi connectivity index (χ4v) is 2.88. The topological polar surface area (TPSA) is 58.5 Å². The molecule has 2 heterocycles. The number of ether oxygens (including phenoxy) is 1. The van der Waals surface area contributed by atoms with Gasteiger partial charge < -0.3 is 15.4 Å². The number of halogens is 1. The smallest absolute Gasteiger partial charge is 0.191 e. The molecular formula is C15H27IN4OS. The van der Waals surface area contributed by atoms with Crippen molar-refractivity contribution < 1.29 is 4.74 Å². The summed E-state index contributed by atoms with van der Waals surface area (Å²) in [6.07, 6.45) is 0. The van der Waals surface area contributed by atoms with E-state index in [2.05, 4.69) is 53.7 Å². The zero-order valence-electron chi connectivity index (χ0n) is 13.8. The van der Waals surface area contributed by atoms with Crippen LogP contribution in [0.1, 0.15) is 44.3 Å². The summed E-state index contributed by atoms with van der Waals surface area (Å²) in [5.74, 6) is 1.33. The zero-order valence-corrected chi connectivity index (χ0v) is 17.0. The van der Waals surface area contributed by atoms with E-state index in [-0.39, 0.29) is 29.4 Å². The van der Waals surface area contributed by atoms with E-state index in [9.17, 15) is 0 Å². The highest BCUT2D eigenvalue weighted by molar-refractivity contribution is 14.0. The summed E-state index contributed by atoms with van der Waals surface area (Å²) in [5, 5.41) is 9.87. The Morgan fingerprint density at radius 3 is 2.68 bits per heavy atom. The molecular weight excluding hydrogens is 411 g/mol. The Balaban J connectivity index is 0.00000242. The molecule has 0 amide bonds. The van der Waals surface area contributed by atoms with Crippen molar-refractivity contribution in [3.05, 3.63) is 16.1 Å². The fourth-order valence-electron chi connectivity index (χ4n) is 2.00. The summed E-state index contributed by atoms with van der Waals surface area (Å²) in [6.45, 7) is 12.6. The number of nitrogens with one attached hydrogen (secondary N) is 2. The normalized spacial score (nSPS) is 16.9. The lowest BCUT2D eigenvalue weighted by molar-refractivity contribution is -0.0971. The predicted octanol–water partition coefficient (Wildman–Crippen LogP) is 2.98. The maximum Gasteiger partial charge on any atom is 0.191 e. The zero-order chi connectivity index (χ0) is 15.3. The van der Waals surface area contributed by atoms with E-state index in [1.54, 1.807) is 11.3 Å². The quantitative estimate of drug-likeness (QED) is 0.408. The van der Waals surface area contributed by atoms with Crippen molar-refractivity contribution in [2.75, 3.05) is 26.3 Å². The Morgan fingerprint density at radius 1 is 1.45 bits per heavy atom. The summed E-state index contributed by atoms with van der Waals surface area (Å²) >= 11 is 1.68. The standard InChI is InChI=1S/C15H26N4OS.HI/c1-5-16-14(18-8-15(4)9-20-10-15)17-6-13-19-12(7-21-13)11(2)3;/h7,11H,5-6,8-10H2,1-4H3,(H2,16,17,18);1H. The van der Waals surface area contributed by atoms with Crippen molar-refractivity contribution >= 4 is 41.3 Å². The lowest BCUT2D eigenvalue weighted by atomic mass is 9.89. The van der Waals surface area contributed by atoms with Crippen LogP contribution in [0.2, 0.25) is 0 Å². The number of nitrogens with zero attached hydrogens (tertiary/aromatic N) is 2. The van der Waals surface area contributed by atoms with Crippen LogP contribution in [-0.2, 0) is 11.3 Å². The number of thiazole rings is 1. The first-order valence-electron chi connectivity index (χ1n) is 7.56. The van der Waals surface area contributed by atoms with Crippen LogP contribution >= 0.6 is 35.3 Å². The summed E-state index contributed by atoms with van der Waals surface area (Å²) in [5.41, 5.74) is 1.39. The van der Waals surface area contributed by atoms with Gasteiger partial charge in [-0.25, -0.2) is 9.98 Å². The molecule has 0 saturated carbocycles. The molecule has 126 valence electrons. The summed E-state index contributed by atoms with van der Waals surface area (Å²) in [6, 6.07) is 0. The fraction of sp³-hybridized carbons (Fsp3) is 0.733. The van der Waals surface area contributed by atoms with Crippen molar-refractivity contribution in [1.29, 1.82) is 0 Å². The minimum Gasteiger partial charge on any atom is -0.380 e. The van der Waals surface area contributed by atoms with Gasteiger partial charge in [0, 0.05) is 23.9 Å². The molecule has 0 bridgehead atoms. The Kier molecular flexibility index (Phi) is 8.06. The van der Waals surface area contributed by atoms with Crippen molar-refractivity contribution in [2.24, 2.45) is 10.4 Å². The molecule has 0 atom stereocenters. The number of guanidine groups is 1. The molecule has 0 radical (unpaired) electrons. The van der Waals surface area contributed by atoms with Gasteiger partial charge in [0.15, 0.2) is 5.96 Å². The largest absolute Gasteiger partial charge is 0.380 e. The van der Waals surface area contributed by atoms with E-state index < -0.39 is 0 Å². The van der Waals surface area contributed by atoms with Gasteiger partial charge in [-0.15, -0.1) is 35.3 Å². The molecule has 0 aromatic carbocycles. The van der Waals surface area contributed by atoms with E-state index >= 15 is 0 Å². The van der Waals surface area contributed by atoms with Gasteiger partial charge >= 0.3 is 0 Å². The van der Waals surface area contributed by atoms with Gasteiger partial charge in [-0.05, 0) is 12.8 Å². The molecule has 2 rings (SSSR count). The molecule has 1 aromatic rings. The number of hydrogen-bond donors (Lipinski definition) is 2. The second kappa shape index (κ2) is 9.02. The highest BCUT2D eigenvalue weighted by atomic mass is 127. The molecule has 0 spiro atoms. The van der Waals surface area contributed by atoms with Crippen LogP contribution in [0.3, 0.4) is 0 Å². The van der Waals surface area contributed by atoms with E-state index in [1.165, 1.54) is 0 Å². The van der Waals surface area contributed by atoms with Crippen molar-refractivity contribution in [3.8, 4) is 0 Å². The van der Waals surface area contributed by atoms with Crippen LogP contribution < -0.4 is 10.6 Å². The van der Waals surface area contributed by atoms with E-state index in [1.807, 2.05) is 0 Å². The molecule has 5 nitrogen and oxygen atoms in total. The minimum atomic E-state index is 0. The van der Waals surface area contributed by atoms with Crippen molar-refractivity contribution in [2.45, 2.75) is 40.2 Å². The van der Waals surface area contributed by atoms with Crippen molar-refractivity contribution in [3.63, 3.8) is 0 Å². The first kappa shape index (κ1) is 19.6. The molecule has 1 aromatic heterocycles. The van der Waals surface area contributed by atoms with E-state index in [0.29, 0.717) is 12.5 Å². The third kappa shape index (κ3) is 5.66. The maximum absolute atomic E-state index is 5.28. The van der Waals surface area contributed by atoms with Crippen LogP contribution in [0.25, 0.3) is 0 Å². The van der Waals surface area contributed by atoms with Crippen LogP contribution in [0.5, 0.6) is 0 Å². The van der Waals surface area contributed by atoms with E-state index in [0.717, 1.165) is 43.0 Å². The highest BCUT2D eigenvalue weighted by Crippen LogP contribution is 2.25. The molecule has 22 heavy (non-hydrogen) atoms. The van der Waals surface area contributed by atoms with Crippen LogP contribution in [0.4, 0.5) is 0 Å². The number of aliphatic imine (C=N–C) groups is 1. The lowest BCUT2D eigenvalue weighted by Gasteiger charge is -2.38. The monoisotopic (exact) mass is 438 g/mol. The van der Waals surface area contributed by atoms with Gasteiger partial charge in [0.1, 0.15) is 5.01 Å². The molecule has 1 saturated heterocycles. The Hall–Kier alpha value is -0.410. The van der Waals surface area contributed by atoms with Crippen LogP contribution in [0.15, 0.2) is 10.4 Å². The Labute approximate surface area is 154 Å². The van der Waals surface area contributed by atoms with E-state index in [4.69, 9.17) is 4.74 Å². The third-order valence-electron chi connectivity index (χ3n) is 3.46. The Bertz CT molecular complexity index is 486. The van der Waals surface area contributed by atoms with Gasteiger partial charge in [0.25, 0.3) is 0 Å². The molecule has 1 fully saturated rings. The lowest BCUT2D eigenvalue weighted by Crippen LogP contribution is -2.51. The minimum absolute atomic E-state index is 0. The molecule has 0 aliphatic carbocycles. The first-order chi connectivity index (χ1) is 10.0. The average molecular weight is 438 g/mol. The Morgan fingerprint density at radius 2 is 2.18 bits per heavy atom. The second-order valence-corrected chi connectivity index (χ2v) is 7.12. The maximum atomic E-state index is 5.28. The molecule has 1 aliphatic rings. The predicted molar refractivity (Wildman–Crippen MR) is 103 cm³/mol. The molecule has 7 heteroatoms. The molecule has 1 aliphatic heterocycles. The first-order valence-corrected chi connectivity index (χ1v) is 8.44. The highest BCUT2D eigenvalue weighted by Gasteiger charge is 2.33.